The van der Waals surface area contributed by atoms with Gasteiger partial charge in [0, 0.05) is 19.7 Å². The zero-order valence-corrected chi connectivity index (χ0v) is 12.0. The Hall–Kier alpha value is -1.37. The summed E-state index contributed by atoms with van der Waals surface area (Å²) in [6.45, 7) is 2.50. The highest BCUT2D eigenvalue weighted by atomic mass is 32.1. The van der Waals surface area contributed by atoms with Gasteiger partial charge in [0.2, 0.25) is 0 Å². The number of nitrogens with one attached hydrogen (secondary N) is 1. The molecule has 0 atom stereocenters. The Morgan fingerprint density at radius 2 is 2.05 bits per heavy atom. The van der Waals surface area contributed by atoms with Crippen molar-refractivity contribution in [2.45, 2.75) is 6.54 Å². The molecule has 0 saturated heterocycles. The van der Waals surface area contributed by atoms with Crippen molar-refractivity contribution < 1.29 is 14.2 Å². The van der Waals surface area contributed by atoms with E-state index in [1.807, 2.05) is 22.8 Å². The van der Waals surface area contributed by atoms with Crippen LogP contribution < -0.4 is 4.74 Å². The van der Waals surface area contributed by atoms with Gasteiger partial charge in [0.25, 0.3) is 0 Å². The first-order valence-corrected chi connectivity index (χ1v) is 6.50. The maximum Gasteiger partial charge on any atom is 0.178 e. The second-order valence-electron chi connectivity index (χ2n) is 4.07. The fraction of sp³-hybridized carbons (Fsp3) is 0.462. The van der Waals surface area contributed by atoms with E-state index < -0.39 is 0 Å². The fourth-order valence-electron chi connectivity index (χ4n) is 1.88. The lowest BCUT2D eigenvalue weighted by Crippen LogP contribution is -2.09. The highest BCUT2D eigenvalue weighted by Crippen LogP contribution is 2.20. The smallest absolute Gasteiger partial charge is 0.178 e. The molecule has 0 unspecified atom stereocenters. The van der Waals surface area contributed by atoms with E-state index in [4.69, 9.17) is 26.4 Å². The van der Waals surface area contributed by atoms with Crippen molar-refractivity contribution in [3.8, 4) is 5.75 Å². The van der Waals surface area contributed by atoms with Crippen LogP contribution in [0, 0.1) is 4.77 Å². The molecule has 0 aliphatic carbocycles. The summed E-state index contributed by atoms with van der Waals surface area (Å²) in [5, 5.41) is 0. The first-order chi connectivity index (χ1) is 9.26. The Bertz CT molecular complexity index is 591. The van der Waals surface area contributed by atoms with Crippen LogP contribution in [0.2, 0.25) is 0 Å². The molecule has 0 spiro atoms. The number of fused-ring (bicyclic) bond motifs is 1. The molecule has 19 heavy (non-hydrogen) atoms. The van der Waals surface area contributed by atoms with Crippen LogP contribution in [-0.4, -0.2) is 43.6 Å². The molecular formula is C13H18N2O3S. The molecule has 1 heterocycles. The summed E-state index contributed by atoms with van der Waals surface area (Å²) in [4.78, 5) is 3.17. The third-order valence-electron chi connectivity index (χ3n) is 2.87. The molecule has 0 aliphatic heterocycles. The van der Waals surface area contributed by atoms with Gasteiger partial charge >= 0.3 is 0 Å². The third kappa shape index (κ3) is 3.34. The molecule has 2 rings (SSSR count). The number of methoxy groups -OCH3 is 2. The van der Waals surface area contributed by atoms with E-state index in [1.165, 1.54) is 0 Å². The van der Waals surface area contributed by atoms with Crippen molar-refractivity contribution >= 4 is 23.3 Å². The van der Waals surface area contributed by atoms with E-state index >= 15 is 0 Å². The number of aromatic amines is 1. The van der Waals surface area contributed by atoms with Crippen LogP contribution in [0.4, 0.5) is 0 Å². The highest BCUT2D eigenvalue weighted by molar-refractivity contribution is 7.71. The van der Waals surface area contributed by atoms with Crippen molar-refractivity contribution in [3.05, 3.63) is 23.0 Å². The number of imidazole rings is 1. The minimum absolute atomic E-state index is 0.593. The standard InChI is InChI=1S/C13H18N2O3S/c1-16-7-8-18-6-5-15-12-9-10(17-2)3-4-11(12)14-13(15)19/h3-4,9H,5-8H2,1-2H3,(H,14,19). The summed E-state index contributed by atoms with van der Waals surface area (Å²) in [5.74, 6) is 0.815. The van der Waals surface area contributed by atoms with Crippen molar-refractivity contribution in [1.29, 1.82) is 0 Å². The number of hydrogen-bond acceptors (Lipinski definition) is 4. The van der Waals surface area contributed by atoms with Crippen LogP contribution in [0.15, 0.2) is 18.2 Å². The van der Waals surface area contributed by atoms with Crippen LogP contribution in [0.5, 0.6) is 5.75 Å². The quantitative estimate of drug-likeness (QED) is 0.625. The second-order valence-corrected chi connectivity index (χ2v) is 4.46. The molecule has 0 amide bonds. The Labute approximate surface area is 117 Å². The van der Waals surface area contributed by atoms with Gasteiger partial charge in [0.05, 0.1) is 38.0 Å². The zero-order chi connectivity index (χ0) is 13.7. The summed E-state index contributed by atoms with van der Waals surface area (Å²) in [7, 11) is 3.31. The molecule has 0 radical (unpaired) electrons. The van der Waals surface area contributed by atoms with Crippen LogP contribution in [0.25, 0.3) is 11.0 Å². The number of ether oxygens (including phenoxy) is 3. The Morgan fingerprint density at radius 3 is 2.79 bits per heavy atom. The minimum Gasteiger partial charge on any atom is -0.497 e. The average molecular weight is 282 g/mol. The summed E-state index contributed by atoms with van der Waals surface area (Å²) in [5.41, 5.74) is 2.03. The SMILES string of the molecule is COCCOCCn1c(=S)[nH]c2ccc(OC)cc21. The Balaban J connectivity index is 2.12. The van der Waals surface area contributed by atoms with Gasteiger partial charge in [-0.25, -0.2) is 0 Å². The van der Waals surface area contributed by atoms with Crippen molar-refractivity contribution in [1.82, 2.24) is 9.55 Å². The highest BCUT2D eigenvalue weighted by Gasteiger charge is 2.05. The predicted octanol–water partition coefficient (Wildman–Crippen LogP) is 2.37. The second kappa shape index (κ2) is 6.70. The Morgan fingerprint density at radius 1 is 1.21 bits per heavy atom. The molecule has 0 fully saturated rings. The van der Waals surface area contributed by atoms with Gasteiger partial charge in [0.1, 0.15) is 5.75 Å². The molecule has 1 aromatic heterocycles. The van der Waals surface area contributed by atoms with E-state index in [9.17, 15) is 0 Å². The number of aromatic nitrogens is 2. The van der Waals surface area contributed by atoms with E-state index in [2.05, 4.69) is 4.98 Å². The average Bonchev–Trinajstić information content (AvgIpc) is 2.74. The van der Waals surface area contributed by atoms with Gasteiger partial charge in [-0.3, -0.25) is 0 Å². The number of H-pyrrole nitrogens is 1. The Kier molecular flexibility index (Phi) is 4.95. The van der Waals surface area contributed by atoms with Crippen molar-refractivity contribution in [2.75, 3.05) is 34.0 Å². The number of rotatable bonds is 7. The first-order valence-electron chi connectivity index (χ1n) is 6.09. The molecule has 2 aromatic rings. The molecule has 0 saturated carbocycles. The third-order valence-corrected chi connectivity index (χ3v) is 3.20. The lowest BCUT2D eigenvalue weighted by Gasteiger charge is -2.06. The molecule has 104 valence electrons. The van der Waals surface area contributed by atoms with Gasteiger partial charge < -0.3 is 23.8 Å². The van der Waals surface area contributed by atoms with Crippen LogP contribution in [0.3, 0.4) is 0 Å². The van der Waals surface area contributed by atoms with Gasteiger partial charge in [-0.2, -0.15) is 0 Å². The monoisotopic (exact) mass is 282 g/mol. The summed E-state index contributed by atoms with van der Waals surface area (Å²) >= 11 is 5.32. The summed E-state index contributed by atoms with van der Waals surface area (Å²) in [6, 6.07) is 5.84. The topological polar surface area (TPSA) is 48.4 Å². The molecule has 1 aromatic carbocycles. The van der Waals surface area contributed by atoms with E-state index in [1.54, 1.807) is 14.2 Å². The lowest BCUT2D eigenvalue weighted by atomic mass is 10.3. The predicted molar refractivity (Wildman–Crippen MR) is 76.4 cm³/mol. The lowest BCUT2D eigenvalue weighted by molar-refractivity contribution is 0.0668. The fourth-order valence-corrected chi connectivity index (χ4v) is 2.18. The van der Waals surface area contributed by atoms with Crippen molar-refractivity contribution in [3.63, 3.8) is 0 Å². The van der Waals surface area contributed by atoms with Gasteiger partial charge in [0.15, 0.2) is 4.77 Å². The largest absolute Gasteiger partial charge is 0.497 e. The zero-order valence-electron chi connectivity index (χ0n) is 11.1. The number of hydrogen-bond donors (Lipinski definition) is 1. The molecule has 0 bridgehead atoms. The maximum absolute atomic E-state index is 5.47. The van der Waals surface area contributed by atoms with Gasteiger partial charge in [-0.15, -0.1) is 0 Å². The molecule has 1 N–H and O–H groups in total. The summed E-state index contributed by atoms with van der Waals surface area (Å²) in [6.07, 6.45) is 0. The molecular weight excluding hydrogens is 264 g/mol. The number of benzene rings is 1. The first kappa shape index (κ1) is 14.0. The summed E-state index contributed by atoms with van der Waals surface area (Å²) < 4.78 is 18.3. The van der Waals surface area contributed by atoms with Gasteiger partial charge in [-0.1, -0.05) is 0 Å². The van der Waals surface area contributed by atoms with Crippen molar-refractivity contribution in [2.24, 2.45) is 0 Å². The maximum atomic E-state index is 5.47. The normalized spacial score (nSPS) is 11.1. The molecule has 0 aliphatic rings. The van der Waals surface area contributed by atoms with Crippen LogP contribution >= 0.6 is 12.2 Å². The van der Waals surface area contributed by atoms with Gasteiger partial charge in [-0.05, 0) is 24.4 Å². The molecule has 6 heteroatoms. The van der Waals surface area contributed by atoms with Crippen LogP contribution in [0.1, 0.15) is 0 Å². The number of nitrogens with zero attached hydrogens (tertiary/aromatic N) is 1. The minimum atomic E-state index is 0.593. The molecule has 5 nitrogen and oxygen atoms in total. The van der Waals surface area contributed by atoms with E-state index in [0.29, 0.717) is 31.1 Å². The van der Waals surface area contributed by atoms with E-state index in [0.717, 1.165) is 16.8 Å². The van der Waals surface area contributed by atoms with Crippen LogP contribution in [-0.2, 0) is 16.0 Å². The van der Waals surface area contributed by atoms with E-state index in [-0.39, 0.29) is 0 Å².